The van der Waals surface area contributed by atoms with Crippen molar-refractivity contribution in [3.05, 3.63) is 22.2 Å². The second kappa shape index (κ2) is 2.98. The molecule has 4 heteroatoms. The van der Waals surface area contributed by atoms with Crippen LogP contribution in [-0.2, 0) is 10.2 Å². The first-order valence-corrected chi connectivity index (χ1v) is 5.60. The molecule has 0 aromatic heterocycles. The Labute approximate surface area is 95.5 Å². The van der Waals surface area contributed by atoms with Crippen LogP contribution in [0.25, 0.3) is 0 Å². The van der Waals surface area contributed by atoms with Crippen LogP contribution in [0.4, 0.5) is 0 Å². The molecule has 2 aliphatic rings. The van der Waals surface area contributed by atoms with Crippen molar-refractivity contribution >= 4 is 22.2 Å². The van der Waals surface area contributed by atoms with Crippen molar-refractivity contribution in [1.82, 2.24) is 0 Å². The summed E-state index contributed by atoms with van der Waals surface area (Å²) in [5.74, 6) is 1.48. The Morgan fingerprint density at radius 1 is 1.27 bits per heavy atom. The summed E-state index contributed by atoms with van der Waals surface area (Å²) in [6.45, 7) is 0.263. The molecule has 1 fully saturated rings. The van der Waals surface area contributed by atoms with Gasteiger partial charge in [-0.05, 0) is 30.5 Å². The zero-order valence-electron chi connectivity index (χ0n) is 7.96. The van der Waals surface area contributed by atoms with Crippen molar-refractivity contribution in [3.8, 4) is 11.5 Å². The van der Waals surface area contributed by atoms with Crippen LogP contribution in [0.3, 0.4) is 0 Å². The first-order chi connectivity index (χ1) is 7.25. The van der Waals surface area contributed by atoms with E-state index in [-0.39, 0.29) is 12.2 Å². The van der Waals surface area contributed by atoms with Gasteiger partial charge in [-0.1, -0.05) is 15.9 Å². The smallest absolute Gasteiger partial charge is 0.231 e. The van der Waals surface area contributed by atoms with Crippen LogP contribution >= 0.6 is 15.9 Å². The molecule has 78 valence electrons. The molecule has 0 N–H and O–H groups in total. The van der Waals surface area contributed by atoms with Gasteiger partial charge in [-0.25, -0.2) is 0 Å². The summed E-state index contributed by atoms with van der Waals surface area (Å²) in [7, 11) is 0. The molecular formula is C11H9BrO3. The minimum absolute atomic E-state index is 0.263. The molecular weight excluding hydrogens is 260 g/mol. The van der Waals surface area contributed by atoms with Crippen molar-refractivity contribution in [2.45, 2.75) is 18.3 Å². The summed E-state index contributed by atoms with van der Waals surface area (Å²) < 4.78 is 11.5. The molecule has 1 saturated carbocycles. The predicted molar refractivity (Wildman–Crippen MR) is 57.2 cm³/mol. The second-order valence-electron chi connectivity index (χ2n) is 3.96. The van der Waals surface area contributed by atoms with Gasteiger partial charge in [0.05, 0.1) is 5.41 Å². The average Bonchev–Trinajstić information content (AvgIpc) is 2.91. The van der Waals surface area contributed by atoms with E-state index in [1.54, 1.807) is 0 Å². The van der Waals surface area contributed by atoms with Crippen LogP contribution < -0.4 is 9.47 Å². The van der Waals surface area contributed by atoms with E-state index >= 15 is 0 Å². The fourth-order valence-corrected chi connectivity index (χ4v) is 2.60. The highest BCUT2D eigenvalue weighted by molar-refractivity contribution is 9.10. The van der Waals surface area contributed by atoms with E-state index in [1.807, 2.05) is 12.1 Å². The number of ether oxygens (including phenoxy) is 2. The van der Waals surface area contributed by atoms with Gasteiger partial charge in [0.15, 0.2) is 11.5 Å². The zero-order valence-corrected chi connectivity index (χ0v) is 9.54. The summed E-state index contributed by atoms with van der Waals surface area (Å²) in [6.07, 6.45) is 2.89. The number of benzene rings is 1. The lowest BCUT2D eigenvalue weighted by molar-refractivity contribution is -0.109. The molecule has 1 aromatic carbocycles. The molecule has 0 atom stereocenters. The summed E-state index contributed by atoms with van der Waals surface area (Å²) in [6, 6.07) is 3.79. The molecule has 0 unspecified atom stereocenters. The molecule has 0 amide bonds. The number of fused-ring (bicyclic) bond motifs is 1. The Morgan fingerprint density at radius 3 is 2.53 bits per heavy atom. The third-order valence-corrected chi connectivity index (χ3v) is 3.67. The molecule has 0 saturated heterocycles. The van der Waals surface area contributed by atoms with E-state index < -0.39 is 0 Å². The predicted octanol–water partition coefficient (Wildman–Crippen LogP) is 2.41. The van der Waals surface area contributed by atoms with E-state index in [1.165, 1.54) is 0 Å². The largest absolute Gasteiger partial charge is 0.454 e. The molecule has 0 spiro atoms. The molecule has 1 aliphatic heterocycles. The van der Waals surface area contributed by atoms with Gasteiger partial charge < -0.3 is 14.3 Å². The highest BCUT2D eigenvalue weighted by Gasteiger charge is 2.46. The molecule has 15 heavy (non-hydrogen) atoms. The molecule has 3 nitrogen and oxygen atoms in total. The topological polar surface area (TPSA) is 35.5 Å². The van der Waals surface area contributed by atoms with Crippen LogP contribution in [0.15, 0.2) is 16.6 Å². The van der Waals surface area contributed by atoms with Crippen molar-refractivity contribution in [2.24, 2.45) is 0 Å². The first-order valence-electron chi connectivity index (χ1n) is 4.81. The lowest BCUT2D eigenvalue weighted by Gasteiger charge is -2.11. The fourth-order valence-electron chi connectivity index (χ4n) is 1.88. The van der Waals surface area contributed by atoms with Crippen LogP contribution in [0.5, 0.6) is 11.5 Å². The van der Waals surface area contributed by atoms with E-state index in [4.69, 9.17) is 9.47 Å². The van der Waals surface area contributed by atoms with Crippen molar-refractivity contribution < 1.29 is 14.3 Å². The number of halogens is 1. The fraction of sp³-hybridized carbons (Fsp3) is 0.364. The Kier molecular flexibility index (Phi) is 1.83. The van der Waals surface area contributed by atoms with Gasteiger partial charge in [0, 0.05) is 4.47 Å². The lowest BCUT2D eigenvalue weighted by atomic mass is 9.97. The van der Waals surface area contributed by atoms with Gasteiger partial charge in [0.1, 0.15) is 6.29 Å². The Bertz CT molecular complexity index is 438. The maximum absolute atomic E-state index is 11.0. The Morgan fingerprint density at radius 2 is 1.93 bits per heavy atom. The third kappa shape index (κ3) is 1.28. The maximum Gasteiger partial charge on any atom is 0.231 e. The van der Waals surface area contributed by atoms with E-state index in [0.29, 0.717) is 0 Å². The van der Waals surface area contributed by atoms with Crippen molar-refractivity contribution in [2.75, 3.05) is 6.79 Å². The molecule has 0 radical (unpaired) electrons. The summed E-state index contributed by atoms with van der Waals surface area (Å²) in [4.78, 5) is 11.0. The highest BCUT2D eigenvalue weighted by atomic mass is 79.9. The van der Waals surface area contributed by atoms with Gasteiger partial charge in [-0.3, -0.25) is 0 Å². The molecule has 1 aromatic rings. The number of carbonyl (C=O) groups is 1. The second-order valence-corrected chi connectivity index (χ2v) is 4.81. The quantitative estimate of drug-likeness (QED) is 0.773. The molecule has 1 heterocycles. The zero-order chi connectivity index (χ0) is 10.5. The summed E-state index contributed by atoms with van der Waals surface area (Å²) in [5, 5.41) is 0. The van der Waals surface area contributed by atoms with Crippen molar-refractivity contribution in [1.29, 1.82) is 0 Å². The van der Waals surface area contributed by atoms with Gasteiger partial charge in [-0.2, -0.15) is 0 Å². The highest BCUT2D eigenvalue weighted by Crippen LogP contribution is 2.51. The van der Waals surface area contributed by atoms with Crippen LogP contribution in [0.2, 0.25) is 0 Å². The number of hydrogen-bond donors (Lipinski definition) is 0. The standard InChI is InChI=1S/C11H9BrO3/c12-8-4-10-9(14-6-15-10)3-7(8)11(5-13)1-2-11/h3-5H,1-2,6H2. The van der Waals surface area contributed by atoms with Gasteiger partial charge in [-0.15, -0.1) is 0 Å². The van der Waals surface area contributed by atoms with Gasteiger partial charge in [0.25, 0.3) is 0 Å². The summed E-state index contributed by atoms with van der Waals surface area (Å²) in [5.41, 5.74) is 0.738. The number of carbonyl (C=O) groups excluding carboxylic acids is 1. The van der Waals surface area contributed by atoms with E-state index in [0.717, 1.165) is 40.7 Å². The van der Waals surface area contributed by atoms with Crippen LogP contribution in [0, 0.1) is 0 Å². The summed E-state index contributed by atoms with van der Waals surface area (Å²) >= 11 is 3.47. The number of hydrogen-bond acceptors (Lipinski definition) is 3. The van der Waals surface area contributed by atoms with Crippen LogP contribution in [-0.4, -0.2) is 13.1 Å². The molecule has 1 aliphatic carbocycles. The molecule has 0 bridgehead atoms. The van der Waals surface area contributed by atoms with E-state index in [9.17, 15) is 4.79 Å². The third-order valence-electron chi connectivity index (χ3n) is 3.01. The van der Waals surface area contributed by atoms with Gasteiger partial charge in [0.2, 0.25) is 6.79 Å². The minimum atomic E-state index is -0.278. The normalized spacial score (nSPS) is 20.1. The van der Waals surface area contributed by atoms with Crippen LogP contribution in [0.1, 0.15) is 18.4 Å². The average molecular weight is 269 g/mol. The van der Waals surface area contributed by atoms with Gasteiger partial charge >= 0.3 is 0 Å². The number of rotatable bonds is 2. The first kappa shape index (κ1) is 9.21. The Balaban J connectivity index is 2.12. The maximum atomic E-state index is 11.0. The SMILES string of the molecule is O=CC1(c2cc3c(cc2Br)OCO3)CC1. The van der Waals surface area contributed by atoms with E-state index in [2.05, 4.69) is 15.9 Å². The Hall–Kier alpha value is -1.03. The number of aldehydes is 1. The van der Waals surface area contributed by atoms with Crippen molar-refractivity contribution in [3.63, 3.8) is 0 Å². The lowest BCUT2D eigenvalue weighted by Crippen LogP contribution is -2.08. The molecule has 3 rings (SSSR count). The minimum Gasteiger partial charge on any atom is -0.454 e. The monoisotopic (exact) mass is 268 g/mol.